The molecule has 0 atom stereocenters. The van der Waals surface area contributed by atoms with E-state index in [1.54, 1.807) is 11.3 Å². The van der Waals surface area contributed by atoms with Gasteiger partial charge in [0.25, 0.3) is 0 Å². The zero-order chi connectivity index (χ0) is 20.8. The van der Waals surface area contributed by atoms with Crippen molar-refractivity contribution in [2.75, 3.05) is 25.0 Å². The fourth-order valence-corrected chi connectivity index (χ4v) is 4.75. The Kier molecular flexibility index (Phi) is 7.20. The van der Waals surface area contributed by atoms with Gasteiger partial charge in [0.2, 0.25) is 0 Å². The number of likely N-dealkylation sites (tertiary alicyclic amines) is 1. The molecule has 1 aromatic heterocycles. The molecule has 1 fully saturated rings. The minimum absolute atomic E-state index is 0.0252. The molecule has 0 saturated carbocycles. The molecular formula is C24H25BrN2O2S. The Balaban J connectivity index is 1.24. The Hall–Kier alpha value is -2.15. The SMILES string of the molecule is O=C(Nc1ccccc1-c1cccs1)OC1CCN(CCc2ccc(Br)cc2)CC1. The van der Waals surface area contributed by atoms with Crippen molar-refractivity contribution in [2.24, 2.45) is 0 Å². The fourth-order valence-electron chi connectivity index (χ4n) is 3.72. The maximum absolute atomic E-state index is 12.5. The predicted octanol–water partition coefficient (Wildman–Crippen LogP) is 6.43. The van der Waals surface area contributed by atoms with Crippen LogP contribution in [-0.4, -0.2) is 36.7 Å². The van der Waals surface area contributed by atoms with Crippen LogP contribution in [0.2, 0.25) is 0 Å². The average molecular weight is 485 g/mol. The molecule has 6 heteroatoms. The summed E-state index contributed by atoms with van der Waals surface area (Å²) in [5.74, 6) is 0. The second kappa shape index (κ2) is 10.2. The van der Waals surface area contributed by atoms with E-state index in [-0.39, 0.29) is 12.2 Å². The Bertz CT molecular complexity index is 952. The second-order valence-corrected chi connectivity index (χ2v) is 9.33. The highest BCUT2D eigenvalue weighted by Crippen LogP contribution is 2.31. The van der Waals surface area contributed by atoms with Gasteiger partial charge in [0.1, 0.15) is 6.10 Å². The van der Waals surface area contributed by atoms with Gasteiger partial charge < -0.3 is 9.64 Å². The molecule has 1 aliphatic rings. The van der Waals surface area contributed by atoms with Crippen molar-refractivity contribution in [3.8, 4) is 10.4 Å². The molecule has 1 amide bonds. The van der Waals surface area contributed by atoms with E-state index in [0.29, 0.717) is 0 Å². The summed E-state index contributed by atoms with van der Waals surface area (Å²) >= 11 is 5.13. The first kappa shape index (κ1) is 21.1. The van der Waals surface area contributed by atoms with Crippen molar-refractivity contribution >= 4 is 39.0 Å². The molecule has 1 saturated heterocycles. The molecule has 156 valence electrons. The maximum Gasteiger partial charge on any atom is 0.411 e. The molecule has 2 aromatic carbocycles. The van der Waals surface area contributed by atoms with Crippen molar-refractivity contribution in [3.05, 3.63) is 76.1 Å². The van der Waals surface area contributed by atoms with Crippen LogP contribution in [0.4, 0.5) is 10.5 Å². The van der Waals surface area contributed by atoms with Crippen LogP contribution in [-0.2, 0) is 11.2 Å². The summed E-state index contributed by atoms with van der Waals surface area (Å²) in [5, 5.41) is 4.97. The lowest BCUT2D eigenvalue weighted by Gasteiger charge is -2.31. The highest BCUT2D eigenvalue weighted by molar-refractivity contribution is 9.10. The number of hydrogen-bond acceptors (Lipinski definition) is 4. The van der Waals surface area contributed by atoms with Crippen LogP contribution in [0, 0.1) is 0 Å². The normalized spacial score (nSPS) is 15.1. The third kappa shape index (κ3) is 5.72. The Morgan fingerprint density at radius 2 is 1.83 bits per heavy atom. The predicted molar refractivity (Wildman–Crippen MR) is 127 cm³/mol. The summed E-state index contributed by atoms with van der Waals surface area (Å²) in [4.78, 5) is 16.1. The summed E-state index contributed by atoms with van der Waals surface area (Å²) in [5.41, 5.74) is 3.16. The first-order chi connectivity index (χ1) is 14.7. The van der Waals surface area contributed by atoms with E-state index in [1.807, 2.05) is 35.7 Å². The van der Waals surface area contributed by atoms with Gasteiger partial charge in [0.05, 0.1) is 5.69 Å². The Morgan fingerprint density at radius 1 is 1.07 bits per heavy atom. The smallest absolute Gasteiger partial charge is 0.411 e. The van der Waals surface area contributed by atoms with E-state index in [0.717, 1.165) is 59.5 Å². The Labute approximate surface area is 190 Å². The number of rotatable bonds is 6. The number of piperidine rings is 1. The largest absolute Gasteiger partial charge is 0.446 e. The highest BCUT2D eigenvalue weighted by atomic mass is 79.9. The lowest BCUT2D eigenvalue weighted by atomic mass is 10.1. The van der Waals surface area contributed by atoms with Crippen molar-refractivity contribution in [2.45, 2.75) is 25.4 Å². The van der Waals surface area contributed by atoms with E-state index in [1.165, 1.54) is 5.56 Å². The summed E-state index contributed by atoms with van der Waals surface area (Å²) < 4.78 is 6.82. The van der Waals surface area contributed by atoms with Crippen LogP contribution < -0.4 is 5.32 Å². The molecule has 4 nitrogen and oxygen atoms in total. The number of anilines is 1. The molecule has 0 bridgehead atoms. The number of nitrogens with one attached hydrogen (secondary N) is 1. The molecule has 0 spiro atoms. The van der Waals surface area contributed by atoms with Gasteiger partial charge in [-0.05, 0) is 54.5 Å². The molecule has 1 N–H and O–H groups in total. The molecule has 2 heterocycles. The number of para-hydroxylation sites is 1. The summed E-state index contributed by atoms with van der Waals surface area (Å²) in [6.07, 6.45) is 2.40. The zero-order valence-electron chi connectivity index (χ0n) is 16.7. The minimum Gasteiger partial charge on any atom is -0.446 e. The third-order valence-corrected chi connectivity index (χ3v) is 6.82. The second-order valence-electron chi connectivity index (χ2n) is 7.47. The van der Waals surface area contributed by atoms with Crippen molar-refractivity contribution in [3.63, 3.8) is 0 Å². The van der Waals surface area contributed by atoms with E-state index >= 15 is 0 Å². The third-order valence-electron chi connectivity index (χ3n) is 5.39. The molecule has 0 unspecified atom stereocenters. The van der Waals surface area contributed by atoms with Crippen LogP contribution in [0.15, 0.2) is 70.5 Å². The van der Waals surface area contributed by atoms with Gasteiger partial charge in [-0.1, -0.05) is 52.3 Å². The van der Waals surface area contributed by atoms with Crippen molar-refractivity contribution < 1.29 is 9.53 Å². The molecule has 30 heavy (non-hydrogen) atoms. The number of thiophene rings is 1. The van der Waals surface area contributed by atoms with Gasteiger partial charge in [0.15, 0.2) is 0 Å². The van der Waals surface area contributed by atoms with E-state index in [2.05, 4.69) is 56.5 Å². The summed E-state index contributed by atoms with van der Waals surface area (Å²) in [6.45, 7) is 2.95. The number of amides is 1. The monoisotopic (exact) mass is 484 g/mol. The van der Waals surface area contributed by atoms with E-state index in [4.69, 9.17) is 4.74 Å². The van der Waals surface area contributed by atoms with Crippen LogP contribution in [0.3, 0.4) is 0 Å². The van der Waals surface area contributed by atoms with Crippen molar-refractivity contribution in [1.82, 2.24) is 4.90 Å². The standard InChI is InChI=1S/C24H25BrN2O2S/c25-19-9-7-18(8-10-19)11-14-27-15-12-20(13-16-27)29-24(28)26-22-5-2-1-4-21(22)23-6-3-17-30-23/h1-10,17,20H,11-16H2,(H,26,28). The molecule has 3 aromatic rings. The topological polar surface area (TPSA) is 41.6 Å². The number of halogens is 1. The molecule has 0 radical (unpaired) electrons. The molecular weight excluding hydrogens is 460 g/mol. The lowest BCUT2D eigenvalue weighted by Crippen LogP contribution is -2.39. The molecule has 1 aliphatic heterocycles. The fraction of sp³-hybridized carbons (Fsp3) is 0.292. The average Bonchev–Trinajstić information content (AvgIpc) is 3.29. The molecule has 4 rings (SSSR count). The Morgan fingerprint density at radius 3 is 2.57 bits per heavy atom. The number of ether oxygens (including phenoxy) is 1. The van der Waals surface area contributed by atoms with Crippen LogP contribution in [0.5, 0.6) is 0 Å². The summed E-state index contributed by atoms with van der Waals surface area (Å²) in [6, 6.07) is 20.4. The minimum atomic E-state index is -0.368. The van der Waals surface area contributed by atoms with Crippen LogP contribution in [0.25, 0.3) is 10.4 Å². The first-order valence-electron chi connectivity index (χ1n) is 10.2. The number of hydrogen-bond donors (Lipinski definition) is 1. The van der Waals surface area contributed by atoms with E-state index in [9.17, 15) is 4.79 Å². The van der Waals surface area contributed by atoms with E-state index < -0.39 is 0 Å². The summed E-state index contributed by atoms with van der Waals surface area (Å²) in [7, 11) is 0. The number of carbonyl (C=O) groups is 1. The van der Waals surface area contributed by atoms with Gasteiger partial charge in [-0.15, -0.1) is 11.3 Å². The van der Waals surface area contributed by atoms with Gasteiger partial charge in [0, 0.05) is 34.5 Å². The number of nitrogens with zero attached hydrogens (tertiary/aromatic N) is 1. The van der Waals surface area contributed by atoms with Gasteiger partial charge in [-0.3, -0.25) is 5.32 Å². The van der Waals surface area contributed by atoms with Crippen LogP contribution in [0.1, 0.15) is 18.4 Å². The maximum atomic E-state index is 12.5. The van der Waals surface area contributed by atoms with Crippen molar-refractivity contribution in [1.29, 1.82) is 0 Å². The first-order valence-corrected chi connectivity index (χ1v) is 11.9. The quantitative estimate of drug-likeness (QED) is 0.437. The number of carbonyl (C=O) groups excluding carboxylic acids is 1. The van der Waals surface area contributed by atoms with Gasteiger partial charge in [-0.25, -0.2) is 4.79 Å². The van der Waals surface area contributed by atoms with Gasteiger partial charge >= 0.3 is 6.09 Å². The lowest BCUT2D eigenvalue weighted by molar-refractivity contribution is 0.0593. The number of benzene rings is 2. The molecule has 0 aliphatic carbocycles. The van der Waals surface area contributed by atoms with Crippen LogP contribution >= 0.6 is 27.3 Å². The zero-order valence-corrected chi connectivity index (χ0v) is 19.1. The van der Waals surface area contributed by atoms with Gasteiger partial charge in [-0.2, -0.15) is 0 Å². The highest BCUT2D eigenvalue weighted by Gasteiger charge is 2.22.